The van der Waals surface area contributed by atoms with Gasteiger partial charge in [0.2, 0.25) is 5.91 Å². The predicted octanol–water partition coefficient (Wildman–Crippen LogP) is 2.62. The Bertz CT molecular complexity index is 525. The standard InChI is InChI=1S/C20H37N5O4/c1-17(2)7-5-11-23-19(26)9-12-27-13-14-28-15-16-29-20(24-25-21)8-6-10-22-18(3)4/h17-18,20,22H,6,8-16H2,1-4H3,(H,23,26). The molecule has 166 valence electrons. The molecule has 1 unspecified atom stereocenters. The van der Waals surface area contributed by atoms with Crippen molar-refractivity contribution in [3.63, 3.8) is 0 Å². The third-order valence-corrected chi connectivity index (χ3v) is 3.51. The van der Waals surface area contributed by atoms with Crippen molar-refractivity contribution in [3.8, 4) is 11.8 Å². The number of carbonyl (C=O) groups excluding carboxylic acids is 1. The highest BCUT2D eigenvalue weighted by molar-refractivity contribution is 5.76. The van der Waals surface area contributed by atoms with E-state index in [-0.39, 0.29) is 5.91 Å². The summed E-state index contributed by atoms with van der Waals surface area (Å²) >= 11 is 0. The lowest BCUT2D eigenvalue weighted by molar-refractivity contribution is -0.122. The van der Waals surface area contributed by atoms with Gasteiger partial charge in [-0.15, -0.1) is 0 Å². The highest BCUT2D eigenvalue weighted by Gasteiger charge is 2.06. The molecule has 0 rings (SSSR count). The smallest absolute Gasteiger partial charge is 0.223 e. The molecule has 0 aromatic rings. The number of hydrogen-bond acceptors (Lipinski definition) is 6. The molecular formula is C20H37N5O4. The summed E-state index contributed by atoms with van der Waals surface area (Å²) in [5, 5.41) is 9.68. The van der Waals surface area contributed by atoms with Crippen molar-refractivity contribution in [1.82, 2.24) is 10.6 Å². The van der Waals surface area contributed by atoms with Gasteiger partial charge < -0.3 is 24.8 Å². The molecule has 0 aromatic heterocycles. The second-order valence-corrected chi connectivity index (χ2v) is 7.01. The fourth-order valence-corrected chi connectivity index (χ4v) is 2.12. The van der Waals surface area contributed by atoms with E-state index in [1.54, 1.807) is 0 Å². The third kappa shape index (κ3) is 20.7. The van der Waals surface area contributed by atoms with Gasteiger partial charge in [0.05, 0.1) is 39.6 Å². The SMILES string of the molecule is CC(C)C#CCNC(=O)CCOCCOCCOC(CCCNC(C)C)N=[N+]=[N-]. The maximum Gasteiger partial charge on any atom is 0.223 e. The third-order valence-electron chi connectivity index (χ3n) is 3.51. The molecule has 0 aliphatic rings. The van der Waals surface area contributed by atoms with Crippen LogP contribution in [-0.4, -0.2) is 64.3 Å². The highest BCUT2D eigenvalue weighted by atomic mass is 16.5. The van der Waals surface area contributed by atoms with Gasteiger partial charge in [-0.1, -0.05) is 44.7 Å². The van der Waals surface area contributed by atoms with Crippen molar-refractivity contribution < 1.29 is 19.0 Å². The summed E-state index contributed by atoms with van der Waals surface area (Å²) < 4.78 is 16.3. The van der Waals surface area contributed by atoms with Crippen LogP contribution in [0.2, 0.25) is 0 Å². The van der Waals surface area contributed by atoms with Crippen molar-refractivity contribution in [3.05, 3.63) is 10.4 Å². The van der Waals surface area contributed by atoms with Crippen molar-refractivity contribution in [1.29, 1.82) is 0 Å². The van der Waals surface area contributed by atoms with Gasteiger partial charge in [-0.2, -0.15) is 0 Å². The summed E-state index contributed by atoms with van der Waals surface area (Å²) in [5.41, 5.74) is 8.61. The van der Waals surface area contributed by atoms with Crippen LogP contribution < -0.4 is 10.6 Å². The molecule has 0 saturated carbocycles. The van der Waals surface area contributed by atoms with Crippen molar-refractivity contribution >= 4 is 5.91 Å². The van der Waals surface area contributed by atoms with Gasteiger partial charge in [-0.3, -0.25) is 4.79 Å². The van der Waals surface area contributed by atoms with Crippen LogP contribution in [0.3, 0.4) is 0 Å². The molecule has 0 fully saturated rings. The second-order valence-electron chi connectivity index (χ2n) is 7.01. The number of azide groups is 1. The van der Waals surface area contributed by atoms with Gasteiger partial charge in [-0.05, 0) is 24.9 Å². The number of hydrogen-bond donors (Lipinski definition) is 2. The fraction of sp³-hybridized carbons (Fsp3) is 0.850. The van der Waals surface area contributed by atoms with Crippen LogP contribution >= 0.6 is 0 Å². The maximum atomic E-state index is 11.6. The van der Waals surface area contributed by atoms with Crippen LogP contribution in [0.25, 0.3) is 10.4 Å². The van der Waals surface area contributed by atoms with Crippen LogP contribution in [0.15, 0.2) is 5.11 Å². The van der Waals surface area contributed by atoms with Gasteiger partial charge >= 0.3 is 0 Å². The van der Waals surface area contributed by atoms with E-state index in [1.165, 1.54) is 0 Å². The largest absolute Gasteiger partial charge is 0.379 e. The first-order valence-corrected chi connectivity index (χ1v) is 10.3. The van der Waals surface area contributed by atoms with E-state index in [0.717, 1.165) is 13.0 Å². The number of rotatable bonds is 17. The van der Waals surface area contributed by atoms with E-state index >= 15 is 0 Å². The molecule has 0 saturated heterocycles. The lowest BCUT2D eigenvalue weighted by Gasteiger charge is -2.14. The first-order valence-electron chi connectivity index (χ1n) is 10.3. The molecule has 9 nitrogen and oxygen atoms in total. The van der Waals surface area contributed by atoms with E-state index in [4.69, 9.17) is 19.7 Å². The zero-order valence-corrected chi connectivity index (χ0v) is 18.3. The Morgan fingerprint density at radius 1 is 1.10 bits per heavy atom. The molecule has 9 heteroatoms. The summed E-state index contributed by atoms with van der Waals surface area (Å²) in [6, 6.07) is 0.433. The summed E-state index contributed by atoms with van der Waals surface area (Å²) in [6.07, 6.45) is 1.36. The average Bonchev–Trinajstić information content (AvgIpc) is 2.66. The Balaban J connectivity index is 3.57. The van der Waals surface area contributed by atoms with Crippen LogP contribution in [0.4, 0.5) is 0 Å². The molecule has 0 aliphatic carbocycles. The zero-order chi connectivity index (χ0) is 21.7. The van der Waals surface area contributed by atoms with Gasteiger partial charge in [0.15, 0.2) is 0 Å². The molecule has 0 bridgehead atoms. The molecule has 0 aromatic carbocycles. The molecule has 29 heavy (non-hydrogen) atoms. The molecule has 2 N–H and O–H groups in total. The number of amides is 1. The minimum absolute atomic E-state index is 0.0787. The topological polar surface area (TPSA) is 118 Å². The molecule has 1 amide bonds. The normalized spacial score (nSPS) is 11.7. The fourth-order valence-electron chi connectivity index (χ4n) is 2.12. The minimum Gasteiger partial charge on any atom is -0.379 e. The Morgan fingerprint density at radius 3 is 2.45 bits per heavy atom. The van der Waals surface area contributed by atoms with E-state index in [1.807, 2.05) is 13.8 Å². The van der Waals surface area contributed by atoms with E-state index in [0.29, 0.717) is 64.4 Å². The number of carbonyl (C=O) groups is 1. The van der Waals surface area contributed by atoms with Crippen molar-refractivity contribution in [2.24, 2.45) is 11.0 Å². The Kier molecular flexibility index (Phi) is 18.3. The van der Waals surface area contributed by atoms with Gasteiger partial charge in [0.1, 0.15) is 6.23 Å². The molecule has 0 radical (unpaired) electrons. The average molecular weight is 412 g/mol. The number of nitrogens with zero attached hydrogens (tertiary/aromatic N) is 3. The van der Waals surface area contributed by atoms with Crippen molar-refractivity contribution in [2.45, 2.75) is 59.2 Å². The number of nitrogens with one attached hydrogen (secondary N) is 2. The van der Waals surface area contributed by atoms with Gasteiger partial charge in [-0.25, -0.2) is 0 Å². The monoisotopic (exact) mass is 411 g/mol. The number of ether oxygens (including phenoxy) is 3. The Labute approximate surface area is 174 Å². The Morgan fingerprint density at radius 2 is 1.79 bits per heavy atom. The lowest BCUT2D eigenvalue weighted by Crippen LogP contribution is -2.25. The summed E-state index contributed by atoms with van der Waals surface area (Å²) in [6.45, 7) is 11.3. The summed E-state index contributed by atoms with van der Waals surface area (Å²) in [7, 11) is 0. The minimum atomic E-state index is -0.474. The summed E-state index contributed by atoms with van der Waals surface area (Å²) in [5.74, 6) is 6.10. The van der Waals surface area contributed by atoms with Crippen LogP contribution in [0, 0.1) is 17.8 Å². The second kappa shape index (κ2) is 19.5. The molecule has 0 aliphatic heterocycles. The Hall–Kier alpha value is -1.82. The quantitative estimate of drug-likeness (QED) is 0.125. The van der Waals surface area contributed by atoms with Crippen molar-refractivity contribution in [2.75, 3.05) is 46.1 Å². The highest BCUT2D eigenvalue weighted by Crippen LogP contribution is 2.04. The van der Waals surface area contributed by atoms with Crippen LogP contribution in [0.1, 0.15) is 47.0 Å². The first kappa shape index (κ1) is 27.2. The van der Waals surface area contributed by atoms with E-state index in [2.05, 4.69) is 46.3 Å². The van der Waals surface area contributed by atoms with E-state index in [9.17, 15) is 4.79 Å². The van der Waals surface area contributed by atoms with E-state index < -0.39 is 6.23 Å². The first-order chi connectivity index (χ1) is 14.0. The zero-order valence-electron chi connectivity index (χ0n) is 18.3. The van der Waals surface area contributed by atoms with Crippen LogP contribution in [-0.2, 0) is 19.0 Å². The maximum absolute atomic E-state index is 11.6. The molecular weight excluding hydrogens is 374 g/mol. The molecule has 0 heterocycles. The van der Waals surface area contributed by atoms with Crippen LogP contribution in [0.5, 0.6) is 0 Å². The van der Waals surface area contributed by atoms with Gasteiger partial charge in [0.25, 0.3) is 0 Å². The lowest BCUT2D eigenvalue weighted by atomic mass is 10.2. The van der Waals surface area contributed by atoms with Gasteiger partial charge in [0, 0.05) is 23.3 Å². The molecule has 1 atom stereocenters. The summed E-state index contributed by atoms with van der Waals surface area (Å²) in [4.78, 5) is 14.4. The molecule has 0 spiro atoms. The predicted molar refractivity (Wildman–Crippen MR) is 113 cm³/mol.